The second-order valence-electron chi connectivity index (χ2n) is 2.97. The highest BCUT2D eigenvalue weighted by Crippen LogP contribution is 2.40. The Morgan fingerprint density at radius 2 is 1.64 bits per heavy atom. The van der Waals surface area contributed by atoms with Gasteiger partial charge in [-0.15, -0.1) is 0 Å². The maximum absolute atomic E-state index is 12.5. The first kappa shape index (κ1) is 10.8. The van der Waals surface area contributed by atoms with E-state index in [1.54, 1.807) is 0 Å². The van der Waals surface area contributed by atoms with Crippen LogP contribution in [0.1, 0.15) is 0 Å². The van der Waals surface area contributed by atoms with E-state index in [2.05, 4.69) is 0 Å². The normalized spacial score (nSPS) is 24.4. The van der Waals surface area contributed by atoms with Crippen LogP contribution in [0, 0.1) is 0 Å². The van der Waals surface area contributed by atoms with Crippen molar-refractivity contribution in [3.63, 3.8) is 0 Å². The number of carboxylic acids is 1. The molecule has 0 aromatic heterocycles. The molecule has 3 nitrogen and oxygen atoms in total. The van der Waals surface area contributed by atoms with Gasteiger partial charge >= 0.3 is 17.8 Å². The Balaban J connectivity index is 2.69. The van der Waals surface area contributed by atoms with Crippen LogP contribution in [0.5, 0.6) is 0 Å². The summed E-state index contributed by atoms with van der Waals surface area (Å²) in [5.41, 5.74) is 0. The molecule has 0 bridgehead atoms. The van der Waals surface area contributed by atoms with Crippen LogP contribution in [0.4, 0.5) is 17.6 Å². The number of hydrogen-bond donors (Lipinski definition) is 1. The van der Waals surface area contributed by atoms with Crippen LogP contribution in [0.3, 0.4) is 0 Å². The molecule has 14 heavy (non-hydrogen) atoms. The zero-order chi connectivity index (χ0) is 11.0. The lowest BCUT2D eigenvalue weighted by Crippen LogP contribution is -2.38. The van der Waals surface area contributed by atoms with Crippen LogP contribution in [-0.4, -0.2) is 40.9 Å². The summed E-state index contributed by atoms with van der Waals surface area (Å²) in [7, 11) is 0. The molecule has 0 saturated carbocycles. The first-order valence-electron chi connectivity index (χ1n) is 3.65. The van der Waals surface area contributed by atoms with Crippen LogP contribution in [0.2, 0.25) is 0 Å². The van der Waals surface area contributed by atoms with Gasteiger partial charge in [-0.1, -0.05) is 0 Å². The number of hydrogen-bond acceptors (Lipinski definition) is 2. The number of halogens is 4. The Morgan fingerprint density at radius 1 is 1.21 bits per heavy atom. The summed E-state index contributed by atoms with van der Waals surface area (Å²) in [5.74, 6) is -9.57. The fourth-order valence-corrected chi connectivity index (χ4v) is 1.07. The van der Waals surface area contributed by atoms with Crippen LogP contribution < -0.4 is 0 Å². The number of rotatable bonds is 2. The summed E-state index contributed by atoms with van der Waals surface area (Å²) in [6, 6.07) is 0. The molecule has 0 amide bonds. The van der Waals surface area contributed by atoms with Crippen LogP contribution >= 0.6 is 0 Å². The zero-order valence-electron chi connectivity index (χ0n) is 6.88. The van der Waals surface area contributed by atoms with E-state index in [0.29, 0.717) is 11.0 Å². The molecule has 1 fully saturated rings. The van der Waals surface area contributed by atoms with Crippen molar-refractivity contribution in [2.24, 2.45) is 0 Å². The molecule has 1 heterocycles. The van der Waals surface area contributed by atoms with Gasteiger partial charge in [0.15, 0.2) is 0 Å². The highest BCUT2D eigenvalue weighted by atomic mass is 19.3. The fourth-order valence-electron chi connectivity index (χ4n) is 1.07. The van der Waals surface area contributed by atoms with Crippen molar-refractivity contribution >= 4 is 5.97 Å². The van der Waals surface area contributed by atoms with Crippen molar-refractivity contribution in [2.75, 3.05) is 13.1 Å². The number of carbonyl (C=O) groups is 1. The predicted octanol–water partition coefficient (Wildman–Crippen LogP) is 1.17. The Bertz CT molecular complexity index is 261. The predicted molar refractivity (Wildman–Crippen MR) is 38.2 cm³/mol. The zero-order valence-corrected chi connectivity index (χ0v) is 6.88. The largest absolute Gasteiger partial charge is 0.478 e. The molecule has 0 aromatic rings. The first-order chi connectivity index (χ1) is 6.24. The summed E-state index contributed by atoms with van der Waals surface area (Å²) in [6.07, 6.45) is 1.26. The van der Waals surface area contributed by atoms with Crippen LogP contribution in [-0.2, 0) is 4.79 Å². The van der Waals surface area contributed by atoms with E-state index < -0.39 is 30.9 Å². The Hall–Kier alpha value is -1.27. The van der Waals surface area contributed by atoms with Crippen molar-refractivity contribution in [1.82, 2.24) is 4.90 Å². The molecule has 1 aliphatic rings. The molecular weight excluding hydrogens is 206 g/mol. The van der Waals surface area contributed by atoms with Gasteiger partial charge < -0.3 is 10.0 Å². The van der Waals surface area contributed by atoms with Gasteiger partial charge in [0, 0.05) is 12.3 Å². The summed E-state index contributed by atoms with van der Waals surface area (Å²) < 4.78 is 50.1. The van der Waals surface area contributed by atoms with Crippen molar-refractivity contribution in [1.29, 1.82) is 0 Å². The quantitative estimate of drug-likeness (QED) is 0.553. The van der Waals surface area contributed by atoms with Gasteiger partial charge in [-0.05, 0) is 0 Å². The monoisotopic (exact) mass is 213 g/mol. The molecule has 0 unspecified atom stereocenters. The summed E-state index contributed by atoms with van der Waals surface area (Å²) in [5, 5.41) is 8.15. The van der Waals surface area contributed by atoms with Crippen molar-refractivity contribution < 1.29 is 27.5 Å². The van der Waals surface area contributed by atoms with Gasteiger partial charge in [0.2, 0.25) is 0 Å². The SMILES string of the molecule is O=C(O)/C=C/N1CC(F)(F)C(F)(F)C1. The average molecular weight is 213 g/mol. The number of aliphatic carboxylic acids is 1. The van der Waals surface area contributed by atoms with Gasteiger partial charge in [0.25, 0.3) is 0 Å². The van der Waals surface area contributed by atoms with E-state index in [1.165, 1.54) is 0 Å². The van der Waals surface area contributed by atoms with E-state index in [9.17, 15) is 22.4 Å². The lowest BCUT2D eigenvalue weighted by molar-refractivity contribution is -0.172. The summed E-state index contributed by atoms with van der Waals surface area (Å²) in [6.45, 7) is -2.33. The lowest BCUT2D eigenvalue weighted by Gasteiger charge is -2.14. The molecule has 80 valence electrons. The minimum atomic E-state index is -4.10. The third kappa shape index (κ3) is 1.97. The third-order valence-electron chi connectivity index (χ3n) is 1.77. The van der Waals surface area contributed by atoms with Crippen molar-refractivity contribution in [2.45, 2.75) is 11.8 Å². The molecule has 0 aromatic carbocycles. The van der Waals surface area contributed by atoms with Crippen molar-refractivity contribution in [3.8, 4) is 0 Å². The molecule has 1 N–H and O–H groups in total. The number of nitrogens with zero attached hydrogens (tertiary/aromatic N) is 1. The average Bonchev–Trinajstić information content (AvgIpc) is 2.17. The molecule has 0 radical (unpaired) electrons. The first-order valence-corrected chi connectivity index (χ1v) is 3.65. The van der Waals surface area contributed by atoms with Gasteiger partial charge in [0.05, 0.1) is 13.1 Å². The second kappa shape index (κ2) is 3.14. The highest BCUT2D eigenvalue weighted by molar-refractivity contribution is 5.79. The summed E-state index contributed by atoms with van der Waals surface area (Å²) in [4.78, 5) is 10.6. The molecule has 0 atom stereocenters. The number of alkyl halides is 4. The van der Waals surface area contributed by atoms with Gasteiger partial charge in [-0.2, -0.15) is 17.6 Å². The minimum absolute atomic E-state index is 0.539. The van der Waals surface area contributed by atoms with E-state index in [-0.39, 0.29) is 0 Å². The standard InChI is InChI=1S/C7H7F4NO2/c8-6(9)3-12(2-1-5(13)14)4-7(6,10)11/h1-2H,3-4H2,(H,13,14)/b2-1+. The van der Waals surface area contributed by atoms with Crippen LogP contribution in [0.25, 0.3) is 0 Å². The van der Waals surface area contributed by atoms with E-state index >= 15 is 0 Å². The minimum Gasteiger partial charge on any atom is -0.478 e. The highest BCUT2D eigenvalue weighted by Gasteiger charge is 2.62. The van der Waals surface area contributed by atoms with Gasteiger partial charge in [-0.25, -0.2) is 4.79 Å². The lowest BCUT2D eigenvalue weighted by atomic mass is 10.2. The molecule has 0 aliphatic carbocycles. The Kier molecular flexibility index (Phi) is 2.43. The molecule has 0 spiro atoms. The molecule has 1 rings (SSSR count). The van der Waals surface area contributed by atoms with E-state index in [0.717, 1.165) is 6.20 Å². The molecular formula is C7H7F4NO2. The van der Waals surface area contributed by atoms with Crippen molar-refractivity contribution in [3.05, 3.63) is 12.3 Å². The smallest absolute Gasteiger partial charge is 0.329 e. The van der Waals surface area contributed by atoms with Crippen LogP contribution in [0.15, 0.2) is 12.3 Å². The topological polar surface area (TPSA) is 40.5 Å². The van der Waals surface area contributed by atoms with E-state index in [1.807, 2.05) is 0 Å². The molecule has 1 aliphatic heterocycles. The number of carboxylic acid groups (broad SMARTS) is 1. The third-order valence-corrected chi connectivity index (χ3v) is 1.77. The maximum Gasteiger partial charge on any atom is 0.329 e. The van der Waals surface area contributed by atoms with Gasteiger partial charge in [0.1, 0.15) is 0 Å². The number of likely N-dealkylation sites (tertiary alicyclic amines) is 1. The molecule has 1 saturated heterocycles. The van der Waals surface area contributed by atoms with E-state index in [4.69, 9.17) is 5.11 Å². The Morgan fingerprint density at radius 3 is 2.00 bits per heavy atom. The summed E-state index contributed by atoms with van der Waals surface area (Å²) >= 11 is 0. The van der Waals surface area contributed by atoms with Gasteiger partial charge in [-0.3, -0.25) is 0 Å². The second-order valence-corrected chi connectivity index (χ2v) is 2.97. The fraction of sp³-hybridized carbons (Fsp3) is 0.571. The Labute approximate surface area is 76.6 Å². The molecule has 7 heteroatoms. The maximum atomic E-state index is 12.5.